The first-order chi connectivity index (χ1) is 14.5. The summed E-state index contributed by atoms with van der Waals surface area (Å²) in [5.41, 5.74) is 2.18. The molecule has 0 saturated heterocycles. The highest BCUT2D eigenvalue weighted by Crippen LogP contribution is 2.22. The number of H-pyrrole nitrogens is 1. The Bertz CT molecular complexity index is 937. The van der Waals surface area contributed by atoms with Crippen LogP contribution in [-0.4, -0.2) is 38.3 Å². The summed E-state index contributed by atoms with van der Waals surface area (Å²) in [6.45, 7) is 4.68. The van der Waals surface area contributed by atoms with Crippen molar-refractivity contribution in [2.24, 2.45) is 5.92 Å². The first-order valence-corrected chi connectivity index (χ1v) is 10.3. The summed E-state index contributed by atoms with van der Waals surface area (Å²) in [6.07, 6.45) is 7.32. The lowest BCUT2D eigenvalue weighted by Gasteiger charge is -2.20. The lowest BCUT2D eigenvalue weighted by Crippen LogP contribution is -2.32. The fourth-order valence-electron chi connectivity index (χ4n) is 3.21. The summed E-state index contributed by atoms with van der Waals surface area (Å²) in [5, 5.41) is 5.92. The van der Waals surface area contributed by atoms with Crippen LogP contribution in [0.25, 0.3) is 11.0 Å². The van der Waals surface area contributed by atoms with Gasteiger partial charge in [0.1, 0.15) is 11.5 Å². The highest BCUT2D eigenvalue weighted by Gasteiger charge is 2.21. The molecular weight excluding hydrogens is 380 g/mol. The number of aromatic nitrogens is 4. The minimum absolute atomic E-state index is 0.0118. The van der Waals surface area contributed by atoms with E-state index in [-0.39, 0.29) is 23.8 Å². The third-order valence-corrected chi connectivity index (χ3v) is 4.85. The van der Waals surface area contributed by atoms with E-state index in [1.807, 2.05) is 24.3 Å². The Morgan fingerprint density at radius 1 is 1.10 bits per heavy atom. The van der Waals surface area contributed by atoms with Gasteiger partial charge in [-0.3, -0.25) is 14.6 Å². The number of hydrogen-bond acceptors (Lipinski definition) is 5. The molecule has 8 nitrogen and oxygen atoms in total. The van der Waals surface area contributed by atoms with E-state index >= 15 is 0 Å². The maximum atomic E-state index is 12.4. The van der Waals surface area contributed by atoms with Crippen molar-refractivity contribution < 1.29 is 9.59 Å². The van der Waals surface area contributed by atoms with Crippen LogP contribution in [0.1, 0.15) is 61.9 Å². The number of aromatic amines is 1. The molecule has 3 rings (SSSR count). The summed E-state index contributed by atoms with van der Waals surface area (Å²) in [7, 11) is 0. The van der Waals surface area contributed by atoms with Crippen LogP contribution in [0.15, 0.2) is 42.9 Å². The first-order valence-electron chi connectivity index (χ1n) is 10.3. The Hall–Kier alpha value is -3.29. The molecule has 2 heterocycles. The highest BCUT2D eigenvalue weighted by atomic mass is 16.2. The zero-order valence-electron chi connectivity index (χ0n) is 17.4. The molecule has 158 valence electrons. The average molecular weight is 409 g/mol. The summed E-state index contributed by atoms with van der Waals surface area (Å²) >= 11 is 0. The number of fused-ring (bicyclic) bond motifs is 1. The standard InChI is InChI=1S/C22H28N6O2/c1-15(2)20(21-26-16-8-5-6-9-17(16)27-21)28-19(29)10-4-3-7-11-25-22(30)18-14-23-12-13-24-18/h5-6,8-9,12-15,20H,3-4,7,10-11H2,1-2H3,(H,25,30)(H,26,27)(H,28,29)/t20-/m1/s1. The number of benzene rings is 1. The lowest BCUT2D eigenvalue weighted by molar-refractivity contribution is -0.122. The number of rotatable bonds is 10. The fraction of sp³-hybridized carbons (Fsp3) is 0.409. The zero-order valence-corrected chi connectivity index (χ0v) is 17.4. The van der Waals surface area contributed by atoms with E-state index in [4.69, 9.17) is 0 Å². The monoisotopic (exact) mass is 408 g/mol. The minimum atomic E-state index is -0.230. The Morgan fingerprint density at radius 3 is 2.67 bits per heavy atom. The maximum Gasteiger partial charge on any atom is 0.271 e. The number of carbonyl (C=O) groups is 2. The van der Waals surface area contributed by atoms with Crippen molar-refractivity contribution in [1.29, 1.82) is 0 Å². The Kier molecular flexibility index (Phi) is 7.48. The molecule has 0 bridgehead atoms. The van der Waals surface area contributed by atoms with Gasteiger partial charge in [-0.2, -0.15) is 0 Å². The normalized spacial score (nSPS) is 12.1. The van der Waals surface area contributed by atoms with Gasteiger partial charge in [-0.15, -0.1) is 0 Å². The first kappa shape index (κ1) is 21.4. The molecule has 0 unspecified atom stereocenters. The van der Waals surface area contributed by atoms with Crippen LogP contribution in [0, 0.1) is 5.92 Å². The molecule has 0 aliphatic rings. The number of hydrogen-bond donors (Lipinski definition) is 3. The van der Waals surface area contributed by atoms with E-state index in [0.29, 0.717) is 18.7 Å². The number of carbonyl (C=O) groups excluding carboxylic acids is 2. The molecule has 0 aliphatic carbocycles. The van der Waals surface area contributed by atoms with Crippen LogP contribution >= 0.6 is 0 Å². The van der Waals surface area contributed by atoms with Gasteiger partial charge in [0.2, 0.25) is 5.91 Å². The van der Waals surface area contributed by atoms with Crippen molar-refractivity contribution in [2.45, 2.75) is 45.6 Å². The molecule has 2 aromatic heterocycles. The molecule has 8 heteroatoms. The maximum absolute atomic E-state index is 12.4. The second kappa shape index (κ2) is 10.5. The largest absolute Gasteiger partial charge is 0.351 e. The summed E-state index contributed by atoms with van der Waals surface area (Å²) in [5.74, 6) is 0.779. The lowest BCUT2D eigenvalue weighted by atomic mass is 10.0. The topological polar surface area (TPSA) is 113 Å². The predicted molar refractivity (Wildman–Crippen MR) is 115 cm³/mol. The quantitative estimate of drug-likeness (QED) is 0.446. The van der Waals surface area contributed by atoms with Crippen molar-refractivity contribution >= 4 is 22.8 Å². The van der Waals surface area contributed by atoms with Crippen molar-refractivity contribution in [2.75, 3.05) is 6.54 Å². The summed E-state index contributed by atoms with van der Waals surface area (Å²) in [4.78, 5) is 40.1. The van der Waals surface area contributed by atoms with Crippen LogP contribution in [0.3, 0.4) is 0 Å². The van der Waals surface area contributed by atoms with E-state index in [2.05, 4.69) is 44.4 Å². The zero-order chi connectivity index (χ0) is 21.3. The van der Waals surface area contributed by atoms with Crippen molar-refractivity contribution in [3.63, 3.8) is 0 Å². The van der Waals surface area contributed by atoms with Gasteiger partial charge in [0.15, 0.2) is 0 Å². The molecule has 0 spiro atoms. The molecule has 2 amide bonds. The SMILES string of the molecule is CC(C)[C@@H](NC(=O)CCCCCNC(=O)c1cnccn1)c1nc2ccccc2[nH]1. The average Bonchev–Trinajstić information content (AvgIpc) is 3.18. The van der Waals surface area contributed by atoms with Crippen LogP contribution in [0.4, 0.5) is 0 Å². The van der Waals surface area contributed by atoms with Gasteiger partial charge < -0.3 is 15.6 Å². The van der Waals surface area contributed by atoms with Gasteiger partial charge in [-0.05, 0) is 30.9 Å². The van der Waals surface area contributed by atoms with Crippen LogP contribution in [0.2, 0.25) is 0 Å². The molecule has 3 aromatic rings. The smallest absolute Gasteiger partial charge is 0.271 e. The molecule has 0 fully saturated rings. The highest BCUT2D eigenvalue weighted by molar-refractivity contribution is 5.91. The molecule has 1 aromatic carbocycles. The second-order valence-electron chi connectivity index (χ2n) is 7.59. The Labute approximate surface area is 175 Å². The summed E-state index contributed by atoms with van der Waals surface area (Å²) in [6, 6.07) is 7.69. The Balaban J connectivity index is 1.39. The molecule has 0 radical (unpaired) electrons. The van der Waals surface area contributed by atoms with Gasteiger partial charge in [0.25, 0.3) is 5.91 Å². The van der Waals surface area contributed by atoms with E-state index in [9.17, 15) is 9.59 Å². The van der Waals surface area contributed by atoms with Crippen LogP contribution < -0.4 is 10.6 Å². The number of nitrogens with one attached hydrogen (secondary N) is 3. The van der Waals surface area contributed by atoms with Gasteiger partial charge in [0.05, 0.1) is 23.3 Å². The van der Waals surface area contributed by atoms with E-state index < -0.39 is 0 Å². The number of nitrogens with zero attached hydrogens (tertiary/aromatic N) is 3. The van der Waals surface area contributed by atoms with Crippen LogP contribution in [0.5, 0.6) is 0 Å². The predicted octanol–water partition coefficient (Wildman–Crippen LogP) is 3.16. The molecular formula is C22H28N6O2. The third kappa shape index (κ3) is 5.85. The molecule has 0 aliphatic heterocycles. The third-order valence-electron chi connectivity index (χ3n) is 4.85. The Morgan fingerprint density at radius 2 is 1.93 bits per heavy atom. The van der Waals surface area contributed by atoms with E-state index in [0.717, 1.165) is 36.1 Å². The van der Waals surface area contributed by atoms with Gasteiger partial charge in [0, 0.05) is 25.4 Å². The summed E-state index contributed by atoms with van der Waals surface area (Å²) < 4.78 is 0. The van der Waals surface area contributed by atoms with Crippen LogP contribution in [-0.2, 0) is 4.79 Å². The van der Waals surface area contributed by atoms with Crippen molar-refractivity contribution in [3.05, 3.63) is 54.4 Å². The molecule has 1 atom stereocenters. The molecule has 30 heavy (non-hydrogen) atoms. The van der Waals surface area contributed by atoms with Crippen molar-refractivity contribution in [3.8, 4) is 0 Å². The van der Waals surface area contributed by atoms with E-state index in [1.165, 1.54) is 18.6 Å². The van der Waals surface area contributed by atoms with Gasteiger partial charge in [-0.25, -0.2) is 9.97 Å². The van der Waals surface area contributed by atoms with Gasteiger partial charge in [-0.1, -0.05) is 32.4 Å². The van der Waals surface area contributed by atoms with Crippen molar-refractivity contribution in [1.82, 2.24) is 30.6 Å². The number of imidazole rings is 1. The number of amides is 2. The number of para-hydroxylation sites is 2. The molecule has 3 N–H and O–H groups in total. The minimum Gasteiger partial charge on any atom is -0.351 e. The fourth-order valence-corrected chi connectivity index (χ4v) is 3.21. The van der Waals surface area contributed by atoms with E-state index in [1.54, 1.807) is 0 Å². The molecule has 0 saturated carbocycles. The second-order valence-corrected chi connectivity index (χ2v) is 7.59. The number of unbranched alkanes of at least 4 members (excludes halogenated alkanes) is 2. The van der Waals surface area contributed by atoms with Gasteiger partial charge >= 0.3 is 0 Å².